The van der Waals surface area contributed by atoms with Gasteiger partial charge in [0.2, 0.25) is 0 Å². The molecule has 0 amide bonds. The standard InChI is InChI=1S/C14H18F3NO3/c1-20-11-6-4-9(12(8-11)21-2)3-5-10(19)7-13(18)14(15,16)17/h4,6,8,13H,3,5,7,18H2,1-2H3. The van der Waals surface area contributed by atoms with Gasteiger partial charge in [0.1, 0.15) is 23.3 Å². The van der Waals surface area contributed by atoms with Crippen molar-refractivity contribution in [3.8, 4) is 11.5 Å². The summed E-state index contributed by atoms with van der Waals surface area (Å²) in [6.07, 6.45) is -4.99. The fourth-order valence-electron chi connectivity index (χ4n) is 1.80. The Morgan fingerprint density at radius 3 is 2.48 bits per heavy atom. The number of halogens is 3. The van der Waals surface area contributed by atoms with Crippen LogP contribution in [0.3, 0.4) is 0 Å². The first-order valence-corrected chi connectivity index (χ1v) is 6.32. The van der Waals surface area contributed by atoms with E-state index in [9.17, 15) is 18.0 Å². The maximum atomic E-state index is 12.3. The molecule has 1 rings (SSSR count). The van der Waals surface area contributed by atoms with Crippen LogP contribution in [0.2, 0.25) is 0 Å². The minimum absolute atomic E-state index is 0.0214. The van der Waals surface area contributed by atoms with Gasteiger partial charge in [0.25, 0.3) is 0 Å². The van der Waals surface area contributed by atoms with Crippen molar-refractivity contribution >= 4 is 5.78 Å². The van der Waals surface area contributed by atoms with Crippen molar-refractivity contribution in [1.82, 2.24) is 0 Å². The van der Waals surface area contributed by atoms with Gasteiger partial charge < -0.3 is 15.2 Å². The van der Waals surface area contributed by atoms with E-state index in [0.29, 0.717) is 11.5 Å². The van der Waals surface area contributed by atoms with Gasteiger partial charge in [0, 0.05) is 18.9 Å². The van der Waals surface area contributed by atoms with Crippen LogP contribution in [0.25, 0.3) is 0 Å². The molecule has 1 atom stereocenters. The van der Waals surface area contributed by atoms with Crippen molar-refractivity contribution in [2.75, 3.05) is 14.2 Å². The number of carbonyl (C=O) groups excluding carboxylic acids is 1. The maximum absolute atomic E-state index is 12.3. The summed E-state index contributed by atoms with van der Waals surface area (Å²) in [5.41, 5.74) is 5.66. The Labute approximate surface area is 121 Å². The van der Waals surface area contributed by atoms with Gasteiger partial charge >= 0.3 is 6.18 Å². The number of carbonyl (C=O) groups is 1. The van der Waals surface area contributed by atoms with Gasteiger partial charge in [-0.1, -0.05) is 6.07 Å². The lowest BCUT2D eigenvalue weighted by atomic mass is 10.0. The van der Waals surface area contributed by atoms with E-state index in [1.165, 1.54) is 14.2 Å². The number of benzene rings is 1. The van der Waals surface area contributed by atoms with Gasteiger partial charge in [-0.25, -0.2) is 0 Å². The monoisotopic (exact) mass is 305 g/mol. The van der Waals surface area contributed by atoms with E-state index >= 15 is 0 Å². The molecule has 2 N–H and O–H groups in total. The van der Waals surface area contributed by atoms with E-state index in [-0.39, 0.29) is 12.8 Å². The van der Waals surface area contributed by atoms with Crippen molar-refractivity contribution in [1.29, 1.82) is 0 Å². The van der Waals surface area contributed by atoms with Crippen molar-refractivity contribution in [2.24, 2.45) is 5.73 Å². The van der Waals surface area contributed by atoms with E-state index in [4.69, 9.17) is 15.2 Å². The third-order valence-corrected chi connectivity index (χ3v) is 3.04. The van der Waals surface area contributed by atoms with Crippen LogP contribution < -0.4 is 15.2 Å². The van der Waals surface area contributed by atoms with Gasteiger partial charge in [-0.2, -0.15) is 13.2 Å². The lowest BCUT2D eigenvalue weighted by Crippen LogP contribution is -2.39. The SMILES string of the molecule is COc1ccc(CCC(=O)CC(N)C(F)(F)F)c(OC)c1. The highest BCUT2D eigenvalue weighted by Gasteiger charge is 2.37. The topological polar surface area (TPSA) is 61.5 Å². The summed E-state index contributed by atoms with van der Waals surface area (Å²) in [6, 6.07) is 2.96. The summed E-state index contributed by atoms with van der Waals surface area (Å²) in [5.74, 6) is 0.598. The maximum Gasteiger partial charge on any atom is 0.404 e. The highest BCUT2D eigenvalue weighted by molar-refractivity contribution is 5.79. The first kappa shape index (κ1) is 17.3. The second kappa shape index (κ2) is 7.31. The average molecular weight is 305 g/mol. The number of ketones is 1. The fraction of sp³-hybridized carbons (Fsp3) is 0.500. The molecule has 1 unspecified atom stereocenters. The van der Waals surface area contributed by atoms with Gasteiger partial charge in [0.15, 0.2) is 0 Å². The number of Topliss-reactive ketones (excluding diaryl/α,β-unsaturated/α-hetero) is 1. The predicted molar refractivity (Wildman–Crippen MR) is 71.5 cm³/mol. The van der Waals surface area contributed by atoms with Crippen LogP contribution >= 0.6 is 0 Å². The van der Waals surface area contributed by atoms with Gasteiger partial charge in [-0.15, -0.1) is 0 Å². The molecule has 0 saturated heterocycles. The second-order valence-electron chi connectivity index (χ2n) is 4.57. The zero-order chi connectivity index (χ0) is 16.0. The van der Waals surface area contributed by atoms with Crippen LogP contribution in [-0.2, 0) is 11.2 Å². The van der Waals surface area contributed by atoms with E-state index < -0.39 is 24.4 Å². The Kier molecular flexibility index (Phi) is 6.02. The van der Waals surface area contributed by atoms with E-state index in [0.717, 1.165) is 5.56 Å². The quantitative estimate of drug-likeness (QED) is 0.840. The number of nitrogens with two attached hydrogens (primary N) is 1. The molecule has 1 aromatic rings. The van der Waals surface area contributed by atoms with E-state index in [2.05, 4.69) is 0 Å². The minimum atomic E-state index is -4.55. The molecule has 0 aliphatic rings. The zero-order valence-electron chi connectivity index (χ0n) is 11.9. The van der Waals surface area contributed by atoms with Crippen LogP contribution in [0, 0.1) is 0 Å². The zero-order valence-corrected chi connectivity index (χ0v) is 11.9. The van der Waals surface area contributed by atoms with Crippen molar-refractivity contribution in [3.63, 3.8) is 0 Å². The molecule has 0 radical (unpaired) electrons. The lowest BCUT2D eigenvalue weighted by molar-refractivity contribution is -0.153. The molecule has 7 heteroatoms. The highest BCUT2D eigenvalue weighted by Crippen LogP contribution is 2.26. The third kappa shape index (κ3) is 5.26. The molecule has 0 bridgehead atoms. The lowest BCUT2D eigenvalue weighted by Gasteiger charge is -2.15. The molecular formula is C14H18F3NO3. The number of aryl methyl sites for hydroxylation is 1. The molecule has 21 heavy (non-hydrogen) atoms. The normalized spacial score (nSPS) is 12.9. The Bertz CT molecular complexity index is 489. The number of alkyl halides is 3. The largest absolute Gasteiger partial charge is 0.497 e. The summed E-state index contributed by atoms with van der Waals surface area (Å²) in [7, 11) is 2.98. The van der Waals surface area contributed by atoms with Crippen molar-refractivity contribution in [2.45, 2.75) is 31.5 Å². The smallest absolute Gasteiger partial charge is 0.404 e. The molecule has 0 aliphatic carbocycles. The van der Waals surface area contributed by atoms with Gasteiger partial charge in [0.05, 0.1) is 14.2 Å². The predicted octanol–water partition coefficient (Wildman–Crippen LogP) is 2.49. The fourth-order valence-corrected chi connectivity index (χ4v) is 1.80. The van der Waals surface area contributed by atoms with Crippen LogP contribution in [0.5, 0.6) is 11.5 Å². The van der Waals surface area contributed by atoms with Crippen LogP contribution in [0.15, 0.2) is 18.2 Å². The van der Waals surface area contributed by atoms with Crippen LogP contribution in [0.1, 0.15) is 18.4 Å². The highest BCUT2D eigenvalue weighted by atomic mass is 19.4. The minimum Gasteiger partial charge on any atom is -0.497 e. The molecule has 0 aromatic heterocycles. The van der Waals surface area contributed by atoms with Gasteiger partial charge in [-0.3, -0.25) is 4.79 Å². The number of methoxy groups -OCH3 is 2. The van der Waals surface area contributed by atoms with Crippen LogP contribution in [0.4, 0.5) is 13.2 Å². The number of hydrogen-bond acceptors (Lipinski definition) is 4. The summed E-state index contributed by atoms with van der Waals surface area (Å²) < 4.78 is 47.0. The summed E-state index contributed by atoms with van der Waals surface area (Å²) in [4.78, 5) is 11.6. The Morgan fingerprint density at radius 1 is 1.29 bits per heavy atom. The molecule has 0 saturated carbocycles. The first-order valence-electron chi connectivity index (χ1n) is 6.32. The van der Waals surface area contributed by atoms with Crippen LogP contribution in [-0.4, -0.2) is 32.2 Å². The second-order valence-corrected chi connectivity index (χ2v) is 4.57. The summed E-state index contributed by atoms with van der Waals surface area (Å²) in [5, 5.41) is 0. The molecule has 4 nitrogen and oxygen atoms in total. The van der Waals surface area contributed by atoms with Gasteiger partial charge in [-0.05, 0) is 18.1 Å². The number of ether oxygens (including phenoxy) is 2. The molecule has 0 fully saturated rings. The summed E-state index contributed by atoms with van der Waals surface area (Å²) in [6.45, 7) is 0. The Balaban J connectivity index is 2.61. The average Bonchev–Trinajstić information content (AvgIpc) is 2.43. The van der Waals surface area contributed by atoms with E-state index in [1.54, 1.807) is 18.2 Å². The third-order valence-electron chi connectivity index (χ3n) is 3.04. The Hall–Kier alpha value is -1.76. The van der Waals surface area contributed by atoms with Crippen molar-refractivity contribution in [3.05, 3.63) is 23.8 Å². The molecule has 0 aliphatic heterocycles. The number of rotatable bonds is 7. The molecular weight excluding hydrogens is 287 g/mol. The Morgan fingerprint density at radius 2 is 1.95 bits per heavy atom. The number of hydrogen-bond donors (Lipinski definition) is 1. The molecule has 118 valence electrons. The van der Waals surface area contributed by atoms with Crippen molar-refractivity contribution < 1.29 is 27.4 Å². The first-order chi connectivity index (χ1) is 9.77. The summed E-state index contributed by atoms with van der Waals surface area (Å²) >= 11 is 0. The molecule has 0 heterocycles. The molecule has 0 spiro atoms. The van der Waals surface area contributed by atoms with E-state index in [1.807, 2.05) is 0 Å². The molecule has 1 aromatic carbocycles.